The number of rotatable bonds is 1. The van der Waals surface area contributed by atoms with Crippen LogP contribution in [0.2, 0.25) is 0 Å². The van der Waals surface area contributed by atoms with Gasteiger partial charge in [-0.2, -0.15) is 0 Å². The minimum Gasteiger partial charge on any atom is -0.0584 e. The Kier molecular flexibility index (Phi) is 1.82. The van der Waals surface area contributed by atoms with Crippen LogP contribution in [0.25, 0.3) is 0 Å². The third-order valence-corrected chi connectivity index (χ3v) is 2.07. The monoisotopic (exact) mass is 111 g/mol. The zero-order chi connectivity index (χ0) is 5.98. The molecule has 1 rings (SSSR count). The highest BCUT2D eigenvalue weighted by Crippen LogP contribution is 2.29. The SMILES string of the molecule is CC(C)C1[CH+]CCC1. The molecule has 0 heteroatoms. The smallest absolute Gasteiger partial charge is 0.0584 e. The van der Waals surface area contributed by atoms with Gasteiger partial charge in [-0.3, -0.25) is 0 Å². The fourth-order valence-electron chi connectivity index (χ4n) is 1.41. The van der Waals surface area contributed by atoms with Crippen LogP contribution >= 0.6 is 0 Å². The molecule has 0 nitrogen and oxygen atoms in total. The maximum Gasteiger partial charge on any atom is 0.100 e. The van der Waals surface area contributed by atoms with Gasteiger partial charge in [0.2, 0.25) is 0 Å². The van der Waals surface area contributed by atoms with Gasteiger partial charge in [-0.25, -0.2) is 0 Å². The molecule has 0 radical (unpaired) electrons. The van der Waals surface area contributed by atoms with Gasteiger partial charge in [0, 0.05) is 0 Å². The molecule has 1 saturated carbocycles. The first-order chi connectivity index (χ1) is 3.80. The van der Waals surface area contributed by atoms with Crippen LogP contribution < -0.4 is 0 Å². The average molecular weight is 111 g/mol. The third-order valence-electron chi connectivity index (χ3n) is 2.07. The average Bonchev–Trinajstić information content (AvgIpc) is 2.12. The first-order valence-corrected chi connectivity index (χ1v) is 3.64. The molecule has 0 amide bonds. The summed E-state index contributed by atoms with van der Waals surface area (Å²) in [7, 11) is 0. The van der Waals surface area contributed by atoms with Crippen LogP contribution in [0.5, 0.6) is 0 Å². The Morgan fingerprint density at radius 2 is 2.25 bits per heavy atom. The minimum absolute atomic E-state index is 0.887. The molecule has 0 spiro atoms. The maximum atomic E-state index is 2.48. The molecule has 1 atom stereocenters. The largest absolute Gasteiger partial charge is 0.100 e. The van der Waals surface area contributed by atoms with Crippen molar-refractivity contribution < 1.29 is 0 Å². The molecule has 0 aromatic heterocycles. The summed E-state index contributed by atoms with van der Waals surface area (Å²) in [5, 5.41) is 0. The van der Waals surface area contributed by atoms with E-state index in [4.69, 9.17) is 0 Å². The van der Waals surface area contributed by atoms with E-state index in [9.17, 15) is 0 Å². The van der Waals surface area contributed by atoms with Gasteiger partial charge in [0.25, 0.3) is 0 Å². The zero-order valence-corrected chi connectivity index (χ0v) is 5.85. The molecule has 1 fully saturated rings. The van der Waals surface area contributed by atoms with Crippen LogP contribution in [-0.2, 0) is 0 Å². The zero-order valence-electron chi connectivity index (χ0n) is 5.85. The molecule has 0 aliphatic heterocycles. The van der Waals surface area contributed by atoms with Crippen LogP contribution in [0.15, 0.2) is 0 Å². The summed E-state index contributed by atoms with van der Waals surface area (Å²) in [6.45, 7) is 4.62. The Bertz CT molecular complexity index is 58.4. The lowest BCUT2D eigenvalue weighted by atomic mass is 9.95. The van der Waals surface area contributed by atoms with E-state index in [1.54, 1.807) is 0 Å². The van der Waals surface area contributed by atoms with Gasteiger partial charge in [0.05, 0.1) is 12.8 Å². The fourth-order valence-corrected chi connectivity index (χ4v) is 1.41. The van der Waals surface area contributed by atoms with Gasteiger partial charge in [0.1, 0.15) is 5.92 Å². The molecule has 0 saturated heterocycles. The van der Waals surface area contributed by atoms with Gasteiger partial charge in [0.15, 0.2) is 0 Å². The summed E-state index contributed by atoms with van der Waals surface area (Å²) in [4.78, 5) is 0. The Morgan fingerprint density at radius 1 is 1.50 bits per heavy atom. The predicted molar refractivity (Wildman–Crippen MR) is 36.5 cm³/mol. The van der Waals surface area contributed by atoms with Crippen molar-refractivity contribution in [2.24, 2.45) is 11.8 Å². The molecule has 0 aromatic rings. The van der Waals surface area contributed by atoms with Crippen molar-refractivity contribution in [3.05, 3.63) is 6.42 Å². The summed E-state index contributed by atoms with van der Waals surface area (Å²) in [5.41, 5.74) is 0. The minimum atomic E-state index is 0.887. The molecule has 0 N–H and O–H groups in total. The van der Waals surface area contributed by atoms with E-state index >= 15 is 0 Å². The van der Waals surface area contributed by atoms with Gasteiger partial charge < -0.3 is 0 Å². The number of hydrogen-bond acceptors (Lipinski definition) is 0. The Labute approximate surface area is 52.3 Å². The molecule has 46 valence electrons. The lowest BCUT2D eigenvalue weighted by molar-refractivity contribution is 0.449. The van der Waals surface area contributed by atoms with Crippen LogP contribution in [0, 0.1) is 18.3 Å². The van der Waals surface area contributed by atoms with Gasteiger partial charge in [-0.05, 0) is 18.8 Å². The Morgan fingerprint density at radius 3 is 2.50 bits per heavy atom. The normalized spacial score (nSPS) is 28.6. The van der Waals surface area contributed by atoms with Crippen molar-refractivity contribution in [1.29, 1.82) is 0 Å². The van der Waals surface area contributed by atoms with Crippen molar-refractivity contribution in [3.8, 4) is 0 Å². The summed E-state index contributed by atoms with van der Waals surface area (Å²) in [6.07, 6.45) is 6.72. The first-order valence-electron chi connectivity index (χ1n) is 3.64. The van der Waals surface area contributed by atoms with Crippen LogP contribution in [0.4, 0.5) is 0 Å². The highest BCUT2D eigenvalue weighted by atomic mass is 14.2. The summed E-state index contributed by atoms with van der Waals surface area (Å²) < 4.78 is 0. The molecule has 1 aliphatic carbocycles. The number of hydrogen-bond donors (Lipinski definition) is 0. The van der Waals surface area contributed by atoms with Crippen molar-refractivity contribution in [3.63, 3.8) is 0 Å². The highest BCUT2D eigenvalue weighted by molar-refractivity contribution is 4.84. The standard InChI is InChI=1S/C8H15/c1-7(2)8-5-3-4-6-8/h5,7-8H,3-4,6H2,1-2H3/q+1. The van der Waals surface area contributed by atoms with Crippen LogP contribution in [0.3, 0.4) is 0 Å². The Balaban J connectivity index is 2.24. The molecule has 0 bridgehead atoms. The van der Waals surface area contributed by atoms with E-state index < -0.39 is 0 Å². The summed E-state index contributed by atoms with van der Waals surface area (Å²) in [5.74, 6) is 1.83. The maximum absolute atomic E-state index is 2.48. The summed E-state index contributed by atoms with van der Waals surface area (Å²) in [6, 6.07) is 0. The second kappa shape index (κ2) is 2.43. The summed E-state index contributed by atoms with van der Waals surface area (Å²) >= 11 is 0. The topological polar surface area (TPSA) is 0 Å². The van der Waals surface area contributed by atoms with E-state index in [2.05, 4.69) is 20.3 Å². The molecular weight excluding hydrogens is 96.1 g/mol. The van der Waals surface area contributed by atoms with Crippen molar-refractivity contribution >= 4 is 0 Å². The van der Waals surface area contributed by atoms with Crippen LogP contribution in [0.1, 0.15) is 33.1 Å². The second-order valence-electron chi connectivity index (χ2n) is 3.07. The Hall–Kier alpha value is -0.130. The van der Waals surface area contributed by atoms with Gasteiger partial charge >= 0.3 is 0 Å². The van der Waals surface area contributed by atoms with Gasteiger partial charge in [-0.15, -0.1) is 0 Å². The van der Waals surface area contributed by atoms with Crippen molar-refractivity contribution in [2.75, 3.05) is 0 Å². The molecule has 1 aliphatic rings. The molecule has 0 heterocycles. The molecule has 8 heavy (non-hydrogen) atoms. The van der Waals surface area contributed by atoms with E-state index in [0.717, 1.165) is 11.8 Å². The van der Waals surface area contributed by atoms with Gasteiger partial charge in [-0.1, -0.05) is 13.8 Å². The van der Waals surface area contributed by atoms with Crippen LogP contribution in [-0.4, -0.2) is 0 Å². The van der Waals surface area contributed by atoms with E-state index in [-0.39, 0.29) is 0 Å². The first kappa shape index (κ1) is 6.00. The second-order valence-corrected chi connectivity index (χ2v) is 3.07. The lowest BCUT2D eigenvalue weighted by Gasteiger charge is -2.03. The van der Waals surface area contributed by atoms with Crippen molar-refractivity contribution in [1.82, 2.24) is 0 Å². The van der Waals surface area contributed by atoms with E-state index in [1.165, 1.54) is 19.3 Å². The van der Waals surface area contributed by atoms with Crippen molar-refractivity contribution in [2.45, 2.75) is 33.1 Å². The lowest BCUT2D eigenvalue weighted by Crippen LogP contribution is -2.02. The molecular formula is C8H15+. The fraction of sp³-hybridized carbons (Fsp3) is 0.875. The predicted octanol–water partition coefficient (Wildman–Crippen LogP) is 2.65. The molecule has 0 aromatic carbocycles. The quantitative estimate of drug-likeness (QED) is 0.456. The highest BCUT2D eigenvalue weighted by Gasteiger charge is 2.26. The third kappa shape index (κ3) is 1.18. The molecule has 1 unspecified atom stereocenters. The van der Waals surface area contributed by atoms with E-state index in [1.807, 2.05) is 0 Å². The van der Waals surface area contributed by atoms with E-state index in [0.29, 0.717) is 0 Å².